The van der Waals surface area contributed by atoms with E-state index in [4.69, 9.17) is 23.9 Å². The Hall–Kier alpha value is -3.67. The number of alkyl carbamates (subject to hydrolysis) is 1. The van der Waals surface area contributed by atoms with Crippen molar-refractivity contribution in [3.63, 3.8) is 0 Å². The lowest BCUT2D eigenvalue weighted by molar-refractivity contribution is -0.152. The number of likely N-dealkylation sites (tertiary alicyclic amines) is 1. The third-order valence-corrected chi connectivity index (χ3v) is 10.0. The van der Waals surface area contributed by atoms with Crippen LogP contribution in [0.5, 0.6) is 11.6 Å². The number of rotatable bonds is 3. The first-order valence-electron chi connectivity index (χ1n) is 17.2. The number of carbonyl (C=O) groups excluding carboxylic acids is 3. The number of nitrogens with one attached hydrogen (secondary N) is 1. The molecule has 1 N–H and O–H groups in total. The van der Waals surface area contributed by atoms with Crippen LogP contribution in [0.3, 0.4) is 0 Å². The van der Waals surface area contributed by atoms with E-state index in [-0.39, 0.29) is 31.1 Å². The van der Waals surface area contributed by atoms with Gasteiger partial charge in [0.2, 0.25) is 11.8 Å². The molecule has 12 nitrogen and oxygen atoms in total. The molecule has 47 heavy (non-hydrogen) atoms. The van der Waals surface area contributed by atoms with Gasteiger partial charge in [-0.3, -0.25) is 9.78 Å². The summed E-state index contributed by atoms with van der Waals surface area (Å²) in [5.74, 6) is 0.640. The largest absolute Gasteiger partial charge is 0.489 e. The van der Waals surface area contributed by atoms with E-state index >= 15 is 0 Å². The highest BCUT2D eigenvalue weighted by atomic mass is 16.6. The lowest BCUT2D eigenvalue weighted by Gasteiger charge is -2.34. The summed E-state index contributed by atoms with van der Waals surface area (Å²) in [5, 5.41) is 3.68. The fourth-order valence-corrected chi connectivity index (χ4v) is 7.12. The second-order valence-electron chi connectivity index (χ2n) is 14.7. The van der Waals surface area contributed by atoms with E-state index in [2.05, 4.69) is 22.2 Å². The Balaban J connectivity index is 1.37. The van der Waals surface area contributed by atoms with Gasteiger partial charge < -0.3 is 34.1 Å². The normalized spacial score (nSPS) is 28.2. The van der Waals surface area contributed by atoms with Crippen LogP contribution in [0.25, 0.3) is 10.9 Å². The van der Waals surface area contributed by atoms with Gasteiger partial charge in [-0.2, -0.15) is 0 Å². The second-order valence-corrected chi connectivity index (χ2v) is 14.7. The Morgan fingerprint density at radius 2 is 1.85 bits per heavy atom. The number of hydrogen-bond acceptors (Lipinski definition) is 10. The lowest BCUT2D eigenvalue weighted by Crippen LogP contribution is -2.57. The molecule has 256 valence electrons. The quantitative estimate of drug-likeness (QED) is 0.480. The second kappa shape index (κ2) is 13.8. The number of pyridine rings is 2. The summed E-state index contributed by atoms with van der Waals surface area (Å²) < 4.78 is 24.4. The Morgan fingerprint density at radius 1 is 1.06 bits per heavy atom. The van der Waals surface area contributed by atoms with E-state index in [1.165, 1.54) is 12.0 Å². The summed E-state index contributed by atoms with van der Waals surface area (Å²) in [7, 11) is 3.44. The number of carbonyl (C=O) groups is 3. The summed E-state index contributed by atoms with van der Waals surface area (Å²) in [6, 6.07) is 0.0600. The van der Waals surface area contributed by atoms with Gasteiger partial charge in [-0.1, -0.05) is 33.6 Å². The molecule has 2 aromatic rings. The molecule has 1 aliphatic carbocycles. The summed E-state index contributed by atoms with van der Waals surface area (Å²) >= 11 is 0. The number of hydrogen-bond donors (Lipinski definition) is 1. The molecule has 2 unspecified atom stereocenters. The predicted octanol–water partition coefficient (Wildman–Crippen LogP) is 4.27. The molecule has 4 aliphatic rings. The number of methoxy groups -OCH3 is 1. The maximum atomic E-state index is 14.2. The minimum atomic E-state index is -0.923. The van der Waals surface area contributed by atoms with Crippen molar-refractivity contribution in [1.29, 1.82) is 0 Å². The fraction of sp³-hybridized carbons (Fsp3) is 0.686. The third-order valence-electron chi connectivity index (χ3n) is 10.0. The van der Waals surface area contributed by atoms with Crippen molar-refractivity contribution in [3.05, 3.63) is 24.0 Å². The van der Waals surface area contributed by atoms with Crippen LogP contribution in [0, 0.1) is 11.3 Å². The number of amides is 2. The van der Waals surface area contributed by atoms with E-state index in [1.807, 2.05) is 33.0 Å². The molecule has 2 amide bonds. The maximum Gasteiger partial charge on any atom is 0.408 e. The molecule has 12 heteroatoms. The van der Waals surface area contributed by atoms with Gasteiger partial charge >= 0.3 is 12.1 Å². The van der Waals surface area contributed by atoms with Gasteiger partial charge in [0.25, 0.3) is 0 Å². The summed E-state index contributed by atoms with van der Waals surface area (Å²) in [5.41, 5.74) is 0.966. The SMILES string of the molecule is COC(=O)[C@@H]1C[C@@H]2CN1C(=O)C(C(C)(C)C)NC(=O)OC1C[C@@H]1CCCCCc1c(nc3ccncc3c1OC1CCN(C)CC1)O2. The first-order chi connectivity index (χ1) is 22.5. The van der Waals surface area contributed by atoms with Gasteiger partial charge in [0, 0.05) is 31.9 Å². The zero-order valence-electron chi connectivity index (χ0n) is 28.3. The minimum absolute atomic E-state index is 0.0637. The third kappa shape index (κ3) is 7.58. The number of fused-ring (bicyclic) bond motifs is 5. The van der Waals surface area contributed by atoms with Crippen molar-refractivity contribution < 1.29 is 33.3 Å². The first-order valence-corrected chi connectivity index (χ1v) is 17.2. The number of nitrogens with zero attached hydrogens (tertiary/aromatic N) is 4. The van der Waals surface area contributed by atoms with Crippen LogP contribution in [0.1, 0.15) is 77.7 Å². The zero-order valence-corrected chi connectivity index (χ0v) is 28.3. The molecule has 6 rings (SSSR count). The van der Waals surface area contributed by atoms with Crippen LogP contribution in [-0.4, -0.2) is 102 Å². The van der Waals surface area contributed by atoms with Gasteiger partial charge in [-0.05, 0) is 63.0 Å². The molecule has 2 aromatic heterocycles. The molecule has 3 aliphatic heterocycles. The van der Waals surface area contributed by atoms with Crippen LogP contribution < -0.4 is 14.8 Å². The highest BCUT2D eigenvalue weighted by molar-refractivity contribution is 5.91. The van der Waals surface area contributed by atoms with Crippen molar-refractivity contribution >= 4 is 28.9 Å². The maximum absolute atomic E-state index is 14.2. The zero-order chi connectivity index (χ0) is 33.3. The average Bonchev–Trinajstić information content (AvgIpc) is 3.63. The Bertz CT molecular complexity index is 1470. The number of piperidine rings is 1. The predicted molar refractivity (Wildman–Crippen MR) is 174 cm³/mol. The van der Waals surface area contributed by atoms with E-state index in [0.717, 1.165) is 80.3 Å². The van der Waals surface area contributed by atoms with E-state index in [1.54, 1.807) is 6.20 Å². The molecule has 2 saturated heterocycles. The molecular formula is C35H49N5O7. The molecule has 1 saturated carbocycles. The van der Waals surface area contributed by atoms with Crippen LogP contribution in [0.2, 0.25) is 0 Å². The molecule has 0 radical (unpaired) electrons. The van der Waals surface area contributed by atoms with Crippen LogP contribution in [-0.2, 0) is 25.5 Å². The van der Waals surface area contributed by atoms with Crippen molar-refractivity contribution in [2.75, 3.05) is 33.8 Å². The highest BCUT2D eigenvalue weighted by Gasteiger charge is 2.47. The van der Waals surface area contributed by atoms with Crippen LogP contribution in [0.15, 0.2) is 18.5 Å². The van der Waals surface area contributed by atoms with E-state index in [9.17, 15) is 14.4 Å². The number of aromatic nitrogens is 2. The summed E-state index contributed by atoms with van der Waals surface area (Å²) in [6.07, 6.45) is 9.78. The van der Waals surface area contributed by atoms with E-state index in [0.29, 0.717) is 18.2 Å². The molecule has 0 aromatic carbocycles. The first kappa shape index (κ1) is 33.2. The number of esters is 1. The van der Waals surface area contributed by atoms with Crippen molar-refractivity contribution in [2.24, 2.45) is 11.3 Å². The Kier molecular flexibility index (Phi) is 9.77. The standard InChI is InChI=1S/C35H49N5O7/c1-35(2,3)30-32(41)40-20-23(18-27(40)33(42)44-5)46-31-24(10-8-6-7-9-21-17-28(21)47-34(43)38-30)29(25-19-36-14-11-26(25)37-31)45-22-12-15-39(4)16-13-22/h11,14,19,21-23,27-28,30H,6-10,12-13,15-18,20H2,1-5H3,(H,38,43)/t21-,23+,27-,28?,30?/m0/s1. The molecule has 2 bridgehead atoms. The molecule has 5 atom stereocenters. The van der Waals surface area contributed by atoms with Crippen LogP contribution in [0.4, 0.5) is 4.79 Å². The molecule has 0 spiro atoms. The van der Waals surface area contributed by atoms with Gasteiger partial charge in [0.05, 0.1) is 30.1 Å². The average molecular weight is 652 g/mol. The molecular weight excluding hydrogens is 602 g/mol. The smallest absolute Gasteiger partial charge is 0.408 e. The van der Waals surface area contributed by atoms with Gasteiger partial charge in [0.1, 0.15) is 36.1 Å². The Morgan fingerprint density at radius 3 is 2.60 bits per heavy atom. The minimum Gasteiger partial charge on any atom is -0.489 e. The number of ether oxygens (including phenoxy) is 4. The topological polar surface area (TPSA) is 132 Å². The summed E-state index contributed by atoms with van der Waals surface area (Å²) in [4.78, 5) is 53.4. The molecule has 5 heterocycles. The highest BCUT2D eigenvalue weighted by Crippen LogP contribution is 2.41. The van der Waals surface area contributed by atoms with Crippen LogP contribution >= 0.6 is 0 Å². The van der Waals surface area contributed by atoms with Crippen molar-refractivity contribution in [3.8, 4) is 11.6 Å². The Labute approximate surface area is 276 Å². The van der Waals surface area contributed by atoms with Gasteiger partial charge in [-0.15, -0.1) is 0 Å². The monoisotopic (exact) mass is 651 g/mol. The van der Waals surface area contributed by atoms with Crippen molar-refractivity contribution in [1.82, 2.24) is 25.1 Å². The van der Waals surface area contributed by atoms with E-state index < -0.39 is 35.7 Å². The van der Waals surface area contributed by atoms with Crippen molar-refractivity contribution in [2.45, 2.75) is 109 Å². The fourth-order valence-electron chi connectivity index (χ4n) is 7.12. The lowest BCUT2D eigenvalue weighted by atomic mass is 9.85. The van der Waals surface area contributed by atoms with Gasteiger partial charge in [0.15, 0.2) is 0 Å². The summed E-state index contributed by atoms with van der Waals surface area (Å²) in [6.45, 7) is 7.70. The van der Waals surface area contributed by atoms with Gasteiger partial charge in [-0.25, -0.2) is 14.6 Å². The molecule has 3 fully saturated rings.